The van der Waals surface area contributed by atoms with E-state index in [-0.39, 0.29) is 85.4 Å². The second-order valence-corrected chi connectivity index (χ2v) is 29.1. The zero-order valence-corrected chi connectivity index (χ0v) is 61.6. The third kappa shape index (κ3) is 22.3. The lowest BCUT2D eigenvalue weighted by Crippen LogP contribution is -2.66. The van der Waals surface area contributed by atoms with Crippen LogP contribution in [0.4, 0.5) is 4.79 Å². The van der Waals surface area contributed by atoms with E-state index in [1.54, 1.807) is 20.8 Å². The third-order valence-electron chi connectivity index (χ3n) is 20.4. The summed E-state index contributed by atoms with van der Waals surface area (Å²) in [6.45, 7) is 24.5. The molecule has 4 N–H and O–H groups in total. The Morgan fingerprint density at radius 1 is 0.430 bits per heavy atom. The Hall–Kier alpha value is -5.51. The zero-order valence-electron chi connectivity index (χ0n) is 60.8. The summed E-state index contributed by atoms with van der Waals surface area (Å²) < 4.78 is 102. The van der Waals surface area contributed by atoms with E-state index in [4.69, 9.17) is 75.8 Å². The molecule has 4 amide bonds. The van der Waals surface area contributed by atoms with Crippen molar-refractivity contribution in [3.05, 3.63) is 0 Å². The van der Waals surface area contributed by atoms with Gasteiger partial charge in [0.1, 0.15) is 62.5 Å². The van der Waals surface area contributed by atoms with Crippen molar-refractivity contribution in [2.75, 3.05) is 32.1 Å². The highest BCUT2D eigenvalue weighted by Crippen LogP contribution is 2.44. The monoisotopic (exact) mass is 1440 g/mol. The molecule has 28 atom stereocenters. The summed E-state index contributed by atoms with van der Waals surface area (Å²) in [6, 6.07) is 0.155. The molecule has 0 spiro atoms. The van der Waals surface area contributed by atoms with Crippen molar-refractivity contribution in [1.82, 2.24) is 21.3 Å². The lowest BCUT2D eigenvalue weighted by molar-refractivity contribution is -0.382. The lowest BCUT2D eigenvalue weighted by atomic mass is 9.81. The van der Waals surface area contributed by atoms with E-state index in [0.29, 0.717) is 50.3 Å². The molecule has 10 unspecified atom stereocenters. The second kappa shape index (κ2) is 38.3. The van der Waals surface area contributed by atoms with Crippen molar-refractivity contribution in [2.24, 2.45) is 41.4 Å². The number of carbonyl (C=O) groups excluding carboxylic acids is 10. The number of thioether (sulfide) groups is 1. The van der Waals surface area contributed by atoms with Gasteiger partial charge in [-0.1, -0.05) is 75.2 Å². The fourth-order valence-corrected chi connectivity index (χ4v) is 16.0. The van der Waals surface area contributed by atoms with E-state index in [1.807, 2.05) is 53.3 Å². The number of rotatable bonds is 32. The average Bonchev–Trinajstić information content (AvgIpc) is 1.07. The highest BCUT2D eigenvalue weighted by Gasteiger charge is 2.59. The molecule has 31 heteroatoms. The molecule has 0 bridgehead atoms. The topological polar surface area (TPSA) is 367 Å². The molecule has 7 aliphatic rings. The molecule has 0 aromatic rings. The third-order valence-corrected chi connectivity index (χ3v) is 21.9. The van der Waals surface area contributed by atoms with Gasteiger partial charge in [-0.15, -0.1) is 0 Å². The van der Waals surface area contributed by atoms with Crippen LogP contribution in [0.1, 0.15) is 175 Å². The van der Waals surface area contributed by atoms with Gasteiger partial charge in [-0.2, -0.15) is 11.8 Å². The van der Waals surface area contributed by atoms with Crippen molar-refractivity contribution in [1.29, 1.82) is 0 Å². The highest BCUT2D eigenvalue weighted by molar-refractivity contribution is 8.00. The molecular formula is C69H110N4O26S. The van der Waals surface area contributed by atoms with Gasteiger partial charge in [0.05, 0.1) is 24.3 Å². The summed E-state index contributed by atoms with van der Waals surface area (Å²) in [5, 5.41) is 12.3. The van der Waals surface area contributed by atoms with Crippen LogP contribution in [0.2, 0.25) is 0 Å². The smallest absolute Gasteiger partial charge is 0.315 e. The van der Waals surface area contributed by atoms with Gasteiger partial charge in [0.15, 0.2) is 55.8 Å². The fraction of sp³-hybridized carbons (Fsp3) is 0.855. The van der Waals surface area contributed by atoms with Gasteiger partial charge in [-0.3, -0.25) is 43.2 Å². The molecule has 0 aromatic carbocycles. The van der Waals surface area contributed by atoms with Crippen molar-refractivity contribution < 1.29 is 124 Å². The Bertz CT molecular complexity index is 2770. The van der Waals surface area contributed by atoms with E-state index in [9.17, 15) is 47.9 Å². The minimum absolute atomic E-state index is 0.0411. The fourth-order valence-electron chi connectivity index (χ4n) is 14.5. The van der Waals surface area contributed by atoms with Crippen molar-refractivity contribution in [2.45, 2.75) is 303 Å². The first-order chi connectivity index (χ1) is 47.4. The number of fused-ring (bicyclic) bond motifs is 1. The maximum absolute atomic E-state index is 14.0. The number of nitrogens with one attached hydrogen (secondary N) is 4. The van der Waals surface area contributed by atoms with Crippen LogP contribution in [0, 0.1) is 41.4 Å². The van der Waals surface area contributed by atoms with Gasteiger partial charge >= 0.3 is 47.8 Å². The predicted octanol–water partition coefficient (Wildman–Crippen LogP) is 5.36. The van der Waals surface area contributed by atoms with Crippen molar-refractivity contribution in [3.8, 4) is 0 Å². The van der Waals surface area contributed by atoms with Crippen LogP contribution in [-0.2, 0) is 119 Å². The SMILES string of the molecule is CCC1O[C@@H](O[C@@H]2C(OC(C)=O)[C@H](O[C@@H]3C(OC(C)=O)[C@H](O[C@@H]4C(OC(C)=O)[C@H](OC5[C@H](NC(=O)CCCCCNC(=O)CCCC[C@@H]6SC[C@@H]7NC(=O)N[C@@H]76)OC(CC)[C@H](C)[C@@H]5C)OC(COC(C)=O)[C@@H]4C)OC(COC(C)=O)[C@@H]3C)OC(COC(C)=O)[C@@H]2C)C(OC(C)=O)[C@@H](C)[C@H]1C. The molecule has 0 radical (unpaired) electrons. The molecule has 0 saturated carbocycles. The summed E-state index contributed by atoms with van der Waals surface area (Å²) in [5.74, 6) is -8.02. The molecule has 7 fully saturated rings. The minimum Gasteiger partial charge on any atom is -0.463 e. The summed E-state index contributed by atoms with van der Waals surface area (Å²) in [5.41, 5.74) is 0. The Labute approximate surface area is 590 Å². The van der Waals surface area contributed by atoms with Gasteiger partial charge in [-0.05, 0) is 56.3 Å². The van der Waals surface area contributed by atoms with Gasteiger partial charge in [0, 0.05) is 103 Å². The first-order valence-electron chi connectivity index (χ1n) is 35.6. The Kier molecular flexibility index (Phi) is 31.3. The first kappa shape index (κ1) is 81.8. The number of unbranched alkanes of at least 4 members (excludes halogenated alkanes) is 3. The van der Waals surface area contributed by atoms with E-state index < -0.39 is 165 Å². The number of carbonyl (C=O) groups is 10. The largest absolute Gasteiger partial charge is 0.463 e. The number of amides is 4. The van der Waals surface area contributed by atoms with Crippen LogP contribution in [0.5, 0.6) is 0 Å². The number of hydrogen-bond donors (Lipinski definition) is 4. The van der Waals surface area contributed by atoms with E-state index in [0.717, 1.165) is 31.9 Å². The number of hydrogen-bond acceptors (Lipinski definition) is 27. The Balaban J connectivity index is 1.14. The van der Waals surface area contributed by atoms with Crippen LogP contribution in [-0.4, -0.2) is 220 Å². The maximum Gasteiger partial charge on any atom is 0.315 e. The summed E-state index contributed by atoms with van der Waals surface area (Å²) in [7, 11) is 0. The van der Waals surface area contributed by atoms with Crippen molar-refractivity contribution >= 4 is 71.4 Å². The highest BCUT2D eigenvalue weighted by atomic mass is 32.2. The molecule has 7 rings (SSSR count). The maximum atomic E-state index is 14.0. The van der Waals surface area contributed by atoms with E-state index in [1.165, 1.54) is 41.5 Å². The molecule has 30 nitrogen and oxygen atoms in total. The normalized spacial score (nSPS) is 37.8. The van der Waals surface area contributed by atoms with E-state index >= 15 is 0 Å². The van der Waals surface area contributed by atoms with Crippen LogP contribution in [0.25, 0.3) is 0 Å². The molecular weight excluding hydrogens is 1330 g/mol. The van der Waals surface area contributed by atoms with Gasteiger partial charge in [0.2, 0.25) is 11.8 Å². The number of urea groups is 1. The van der Waals surface area contributed by atoms with Gasteiger partial charge in [-0.25, -0.2) is 4.79 Å². The molecule has 0 aliphatic carbocycles. The van der Waals surface area contributed by atoms with E-state index in [2.05, 4.69) is 21.3 Å². The second-order valence-electron chi connectivity index (χ2n) is 27.8. The summed E-state index contributed by atoms with van der Waals surface area (Å²) in [4.78, 5) is 129. The molecule has 7 saturated heterocycles. The number of esters is 7. The lowest BCUT2D eigenvalue weighted by Gasteiger charge is -2.52. The number of ether oxygens (including phenoxy) is 16. The first-order valence-corrected chi connectivity index (χ1v) is 36.7. The molecule has 100 heavy (non-hydrogen) atoms. The molecule has 0 aromatic heterocycles. The molecule has 568 valence electrons. The Morgan fingerprint density at radius 2 is 0.820 bits per heavy atom. The van der Waals surface area contributed by atoms with Crippen LogP contribution in [0.15, 0.2) is 0 Å². The Morgan fingerprint density at radius 3 is 1.26 bits per heavy atom. The minimum atomic E-state index is -1.73. The molecule has 7 aliphatic heterocycles. The van der Waals surface area contributed by atoms with Crippen LogP contribution < -0.4 is 21.3 Å². The van der Waals surface area contributed by atoms with Gasteiger partial charge < -0.3 is 97.1 Å². The van der Waals surface area contributed by atoms with Gasteiger partial charge in [0.25, 0.3) is 0 Å². The predicted molar refractivity (Wildman–Crippen MR) is 353 cm³/mol. The standard InChI is InChI=1S/C69H110N4O26S/c1-17-47-32(3)34(5)59(64(91-47)72-54(82)26-20-19-23-27-70-53(81)25-22-21-24-52-55-46(31-100-52)71-69(83)73-55)99-68-63(90-45(16)80)58(38(9)51(95-68)30-86-41(12)76)98-67-62(89-44(15)79)57(37(8)50(94-67)29-85-40(11)75)97-66-61(88-43(14)78)56(36(7)49(93-66)28-84-39(10)74)96-65-60(87-42(13)77)35(6)33(4)48(18-2)92-65/h32-38,46-52,55-68H,17-31H2,1-16H3,(H,70,81)(H,72,82)(H2,71,73,83)/t32-,33-,34+,35+,36+,37+,38+,46+,47?,48?,49?,50?,51?,52+,55+,56+,57+,58+,59?,60?,61?,62?,63?,64-,65+,66+,67+,68+/m1/s1. The summed E-state index contributed by atoms with van der Waals surface area (Å²) in [6.07, 6.45) is -15.8. The average molecular weight is 1440 g/mol. The van der Waals surface area contributed by atoms with Crippen LogP contribution in [0.3, 0.4) is 0 Å². The van der Waals surface area contributed by atoms with Crippen LogP contribution >= 0.6 is 11.8 Å². The quantitative estimate of drug-likeness (QED) is 0.0285. The zero-order chi connectivity index (χ0) is 73.4. The summed E-state index contributed by atoms with van der Waals surface area (Å²) >= 11 is 1.85. The van der Waals surface area contributed by atoms with Crippen molar-refractivity contribution in [3.63, 3.8) is 0 Å². The molecule has 7 heterocycles.